The quantitative estimate of drug-likeness (QED) is 0.454. The molecular formula is C17H13ClN3O2Y-. The number of aromatic nitrogens is 1. The average Bonchev–Trinajstić information content (AvgIpc) is 2.55. The molecule has 0 bridgehead atoms. The largest absolute Gasteiger partial charge is 0.448 e. The molecule has 119 valence electrons. The molecule has 1 amide bonds. The van der Waals surface area contributed by atoms with Crippen molar-refractivity contribution in [2.45, 2.75) is 6.54 Å². The van der Waals surface area contributed by atoms with Crippen LogP contribution in [0.15, 0.2) is 47.4 Å². The molecular weight excluding hydrogens is 403 g/mol. The minimum absolute atomic E-state index is 0. The zero-order chi connectivity index (χ0) is 16.4. The van der Waals surface area contributed by atoms with Crippen molar-refractivity contribution in [1.29, 1.82) is 0 Å². The molecule has 1 radical (unpaired) electrons. The molecule has 0 aliphatic carbocycles. The van der Waals surface area contributed by atoms with E-state index in [1.54, 1.807) is 18.2 Å². The Balaban J connectivity index is 0.00000208. The molecule has 3 rings (SSSR count). The zero-order valence-corrected chi connectivity index (χ0v) is 16.2. The summed E-state index contributed by atoms with van der Waals surface area (Å²) in [6.45, 7) is 0.302. The number of anilines is 1. The van der Waals surface area contributed by atoms with E-state index in [0.29, 0.717) is 28.2 Å². The fourth-order valence-corrected chi connectivity index (χ4v) is 2.38. The van der Waals surface area contributed by atoms with Gasteiger partial charge in [0.25, 0.3) is 5.91 Å². The van der Waals surface area contributed by atoms with E-state index in [4.69, 9.17) is 17.3 Å². The van der Waals surface area contributed by atoms with Crippen LogP contribution in [0.25, 0.3) is 10.9 Å². The number of H-pyrrole nitrogens is 1. The second kappa shape index (κ2) is 7.92. The number of fused-ring (bicyclic) bond motifs is 1. The Morgan fingerprint density at radius 1 is 1.25 bits per heavy atom. The first-order chi connectivity index (χ1) is 11.1. The van der Waals surface area contributed by atoms with E-state index < -0.39 is 5.91 Å². The van der Waals surface area contributed by atoms with Gasteiger partial charge in [-0.05, 0) is 23.2 Å². The number of carbonyl (C=O) groups is 1. The van der Waals surface area contributed by atoms with Crippen LogP contribution < -0.4 is 16.5 Å². The van der Waals surface area contributed by atoms with Crippen LogP contribution >= 0.6 is 11.6 Å². The maximum Gasteiger partial charge on any atom is 0.255 e. The van der Waals surface area contributed by atoms with Crippen molar-refractivity contribution >= 4 is 34.1 Å². The van der Waals surface area contributed by atoms with Gasteiger partial charge in [0.05, 0.1) is 5.56 Å². The Morgan fingerprint density at radius 2 is 1.96 bits per heavy atom. The third-order valence-corrected chi connectivity index (χ3v) is 3.74. The zero-order valence-electron chi connectivity index (χ0n) is 12.6. The summed E-state index contributed by atoms with van der Waals surface area (Å²) in [6.07, 6.45) is 1.37. The minimum Gasteiger partial charge on any atom is -0.448 e. The van der Waals surface area contributed by atoms with Crippen LogP contribution in [-0.4, -0.2) is 10.9 Å². The summed E-state index contributed by atoms with van der Waals surface area (Å²) in [7, 11) is 0. The van der Waals surface area contributed by atoms with Crippen LogP contribution in [0.2, 0.25) is 5.02 Å². The van der Waals surface area contributed by atoms with Crippen molar-refractivity contribution < 1.29 is 37.5 Å². The number of nitrogens with one attached hydrogen (secondary N) is 2. The minimum atomic E-state index is -0.453. The van der Waals surface area contributed by atoms with Crippen LogP contribution in [0.4, 0.5) is 5.69 Å². The second-order valence-corrected chi connectivity index (χ2v) is 5.48. The Hall–Kier alpha value is -1.69. The number of aromatic amines is 1. The molecule has 3 aromatic rings. The summed E-state index contributed by atoms with van der Waals surface area (Å²) in [6, 6.07) is 13.0. The number of benzene rings is 2. The summed E-state index contributed by atoms with van der Waals surface area (Å²) in [5, 5.41) is 3.67. The van der Waals surface area contributed by atoms with E-state index >= 15 is 0 Å². The molecule has 0 atom stereocenters. The van der Waals surface area contributed by atoms with Gasteiger partial charge in [-0.3, -0.25) is 4.79 Å². The van der Waals surface area contributed by atoms with Crippen LogP contribution in [-0.2, 0) is 39.3 Å². The number of hydrogen-bond donors (Lipinski definition) is 3. The Bertz CT molecular complexity index is 939. The van der Waals surface area contributed by atoms with Crippen molar-refractivity contribution in [2.24, 2.45) is 0 Å². The topological polar surface area (TPSA) is 88.0 Å². The number of nitrogens with two attached hydrogens (primary N) is 1. The molecule has 4 N–H and O–H groups in total. The normalized spacial score (nSPS) is 10.2. The summed E-state index contributed by atoms with van der Waals surface area (Å²) in [4.78, 5) is 27.5. The number of halogens is 1. The molecule has 5 nitrogen and oxygen atoms in total. The fourth-order valence-electron chi connectivity index (χ4n) is 2.26. The monoisotopic (exact) mass is 415 g/mol. The Kier molecular flexibility index (Phi) is 6.16. The molecule has 0 aliphatic heterocycles. The first-order valence-electron chi connectivity index (χ1n) is 6.90. The summed E-state index contributed by atoms with van der Waals surface area (Å²) >= 11 is 5.81. The van der Waals surface area contributed by atoms with Gasteiger partial charge in [0.1, 0.15) is 5.43 Å². The predicted octanol–water partition coefficient (Wildman–Crippen LogP) is 2.49. The van der Waals surface area contributed by atoms with Gasteiger partial charge < -0.3 is 20.8 Å². The van der Waals surface area contributed by atoms with Gasteiger partial charge in [-0.25, -0.2) is 0 Å². The molecule has 0 unspecified atom stereocenters. The molecule has 0 fully saturated rings. The maximum atomic E-state index is 12.4. The predicted molar refractivity (Wildman–Crippen MR) is 90.4 cm³/mol. The van der Waals surface area contributed by atoms with Gasteiger partial charge >= 0.3 is 0 Å². The molecule has 24 heavy (non-hydrogen) atoms. The number of pyridine rings is 1. The molecule has 0 spiro atoms. The van der Waals surface area contributed by atoms with Gasteiger partial charge in [0, 0.05) is 50.5 Å². The molecule has 7 heteroatoms. The average molecular weight is 416 g/mol. The number of carbonyl (C=O) groups excluding carboxylic acids is 1. The molecule has 2 aromatic carbocycles. The van der Waals surface area contributed by atoms with E-state index in [1.165, 1.54) is 12.3 Å². The standard InChI is InChI=1S/C17H13ClN3O2.Y/c18-11-6-4-10(5-7-11)8-21-17(23)13-9-20-15-12(16(13)22)2-1-3-14(15)19;/h2-7,9H,8,19H2,(H,20,22)(H,21,23);/q-1;. The third-order valence-electron chi connectivity index (χ3n) is 3.49. The molecule has 1 aromatic heterocycles. The van der Waals surface area contributed by atoms with Crippen LogP contribution in [0.5, 0.6) is 0 Å². The molecule has 1 heterocycles. The van der Waals surface area contributed by atoms with Crippen molar-refractivity contribution in [3.05, 3.63) is 75.0 Å². The fraction of sp³-hybridized carbons (Fsp3) is 0.0588. The summed E-state index contributed by atoms with van der Waals surface area (Å²) in [5.74, 6) is -0.453. The van der Waals surface area contributed by atoms with Gasteiger partial charge in [-0.2, -0.15) is 18.2 Å². The van der Waals surface area contributed by atoms with Crippen molar-refractivity contribution in [3.8, 4) is 0 Å². The van der Waals surface area contributed by atoms with E-state index in [1.807, 2.05) is 12.1 Å². The first-order valence-corrected chi connectivity index (χ1v) is 7.27. The van der Waals surface area contributed by atoms with Gasteiger partial charge in [0.15, 0.2) is 0 Å². The SMILES string of the molecule is Nc1c[c-]cc2c(=O)c(C(=O)NCc3ccc(Cl)cc3)c[nH]c12.[Y]. The number of hydrogen-bond acceptors (Lipinski definition) is 3. The maximum absolute atomic E-state index is 12.4. The van der Waals surface area contributed by atoms with E-state index in [9.17, 15) is 9.59 Å². The summed E-state index contributed by atoms with van der Waals surface area (Å²) in [5.41, 5.74) is 7.24. The Labute approximate surface area is 168 Å². The van der Waals surface area contributed by atoms with Gasteiger partial charge in [0.2, 0.25) is 0 Å². The molecule has 0 saturated carbocycles. The Morgan fingerprint density at radius 3 is 2.67 bits per heavy atom. The van der Waals surface area contributed by atoms with Crippen LogP contribution in [0, 0.1) is 6.07 Å². The van der Waals surface area contributed by atoms with E-state index in [2.05, 4.69) is 16.4 Å². The number of rotatable bonds is 3. The van der Waals surface area contributed by atoms with Crippen molar-refractivity contribution in [3.63, 3.8) is 0 Å². The number of amides is 1. The third kappa shape index (κ3) is 3.86. The van der Waals surface area contributed by atoms with Gasteiger partial charge in [-0.15, -0.1) is 0 Å². The molecule has 0 saturated heterocycles. The second-order valence-electron chi connectivity index (χ2n) is 5.04. The first kappa shape index (κ1) is 18.6. The number of nitrogen functional groups attached to an aromatic ring is 1. The van der Waals surface area contributed by atoms with Crippen molar-refractivity contribution in [2.75, 3.05) is 5.73 Å². The van der Waals surface area contributed by atoms with Crippen LogP contribution in [0.1, 0.15) is 15.9 Å². The smallest absolute Gasteiger partial charge is 0.255 e. The van der Waals surface area contributed by atoms with Gasteiger partial charge in [-0.1, -0.05) is 34.8 Å². The molecule has 0 aliphatic rings. The van der Waals surface area contributed by atoms with Crippen molar-refractivity contribution in [1.82, 2.24) is 10.3 Å². The summed E-state index contributed by atoms with van der Waals surface area (Å²) < 4.78 is 0. The van der Waals surface area contributed by atoms with E-state index in [-0.39, 0.29) is 43.7 Å². The van der Waals surface area contributed by atoms with Crippen LogP contribution in [0.3, 0.4) is 0 Å². The van der Waals surface area contributed by atoms with E-state index in [0.717, 1.165) is 5.56 Å².